The molecule has 0 bridgehead atoms. The number of amides is 1. The zero-order chi connectivity index (χ0) is 15.4. The van der Waals surface area contributed by atoms with Crippen LogP contribution in [0.5, 0.6) is 5.75 Å². The van der Waals surface area contributed by atoms with Crippen molar-refractivity contribution in [2.75, 3.05) is 5.32 Å². The lowest BCUT2D eigenvalue weighted by Gasteiger charge is -2.08. The molecule has 3 N–H and O–H groups in total. The number of aromatic hydroxyl groups is 1. The summed E-state index contributed by atoms with van der Waals surface area (Å²) >= 11 is 0. The van der Waals surface area contributed by atoms with Crippen molar-refractivity contribution in [2.24, 2.45) is 5.16 Å². The van der Waals surface area contributed by atoms with E-state index in [1.54, 1.807) is 50.2 Å². The summed E-state index contributed by atoms with van der Waals surface area (Å²) in [4.78, 5) is 12.1. The van der Waals surface area contributed by atoms with E-state index in [-0.39, 0.29) is 11.7 Å². The Morgan fingerprint density at radius 2 is 1.90 bits per heavy atom. The highest BCUT2D eigenvalue weighted by Crippen LogP contribution is 2.19. The number of aryl methyl sites for hydroxylation is 1. The topological polar surface area (TPSA) is 81.9 Å². The number of carbonyl (C=O) groups is 1. The molecular weight excluding hydrogens is 268 g/mol. The van der Waals surface area contributed by atoms with Crippen LogP contribution in [0.1, 0.15) is 28.4 Å². The number of hydrogen-bond donors (Lipinski definition) is 3. The first-order valence-electron chi connectivity index (χ1n) is 6.41. The van der Waals surface area contributed by atoms with Crippen molar-refractivity contribution in [1.82, 2.24) is 0 Å². The van der Waals surface area contributed by atoms with Crippen molar-refractivity contribution < 1.29 is 15.1 Å². The Hall–Kier alpha value is -2.82. The number of nitrogens with one attached hydrogen (secondary N) is 1. The fraction of sp³-hybridized carbons (Fsp3) is 0.125. The Morgan fingerprint density at radius 1 is 1.14 bits per heavy atom. The van der Waals surface area contributed by atoms with Crippen molar-refractivity contribution in [1.29, 1.82) is 0 Å². The highest BCUT2D eigenvalue weighted by molar-refractivity contribution is 6.05. The van der Waals surface area contributed by atoms with Gasteiger partial charge in [-0.05, 0) is 43.7 Å². The van der Waals surface area contributed by atoms with E-state index in [1.165, 1.54) is 6.07 Å². The first kappa shape index (κ1) is 14.6. The van der Waals surface area contributed by atoms with Gasteiger partial charge >= 0.3 is 0 Å². The molecule has 0 aliphatic carbocycles. The minimum Gasteiger partial charge on any atom is -0.508 e. The average molecular weight is 284 g/mol. The molecule has 0 unspecified atom stereocenters. The fourth-order valence-electron chi connectivity index (χ4n) is 1.83. The van der Waals surface area contributed by atoms with Crippen molar-refractivity contribution >= 4 is 17.3 Å². The van der Waals surface area contributed by atoms with Crippen LogP contribution in [-0.4, -0.2) is 21.9 Å². The van der Waals surface area contributed by atoms with E-state index in [9.17, 15) is 9.90 Å². The molecule has 108 valence electrons. The zero-order valence-corrected chi connectivity index (χ0v) is 11.8. The number of oxime groups is 1. The number of phenols is 1. The molecule has 2 aromatic carbocycles. The largest absolute Gasteiger partial charge is 0.508 e. The highest BCUT2D eigenvalue weighted by Gasteiger charge is 2.09. The van der Waals surface area contributed by atoms with Gasteiger partial charge in [0.05, 0.1) is 5.71 Å². The van der Waals surface area contributed by atoms with Gasteiger partial charge in [0.2, 0.25) is 0 Å². The molecule has 1 amide bonds. The summed E-state index contributed by atoms with van der Waals surface area (Å²) in [5.41, 5.74) is 2.83. The molecule has 2 rings (SSSR count). The maximum absolute atomic E-state index is 12.1. The minimum absolute atomic E-state index is 0.0830. The lowest BCUT2D eigenvalue weighted by molar-refractivity contribution is 0.102. The molecule has 2 aromatic rings. The number of nitrogens with zero attached hydrogens (tertiary/aromatic N) is 1. The monoisotopic (exact) mass is 284 g/mol. The third kappa shape index (κ3) is 3.39. The molecule has 0 aliphatic rings. The van der Waals surface area contributed by atoms with Crippen molar-refractivity contribution in [3.8, 4) is 5.75 Å². The van der Waals surface area contributed by atoms with E-state index >= 15 is 0 Å². The zero-order valence-electron chi connectivity index (χ0n) is 11.8. The van der Waals surface area contributed by atoms with Gasteiger partial charge in [-0.2, -0.15) is 0 Å². The van der Waals surface area contributed by atoms with Crippen LogP contribution in [0.25, 0.3) is 0 Å². The van der Waals surface area contributed by atoms with Gasteiger partial charge in [-0.25, -0.2) is 0 Å². The number of rotatable bonds is 3. The smallest absolute Gasteiger partial charge is 0.255 e. The summed E-state index contributed by atoms with van der Waals surface area (Å²) in [5, 5.41) is 24.3. The van der Waals surface area contributed by atoms with E-state index in [0.717, 1.165) is 0 Å². The van der Waals surface area contributed by atoms with Crippen LogP contribution in [0.2, 0.25) is 0 Å². The van der Waals surface area contributed by atoms with Crippen LogP contribution in [0.3, 0.4) is 0 Å². The van der Waals surface area contributed by atoms with Crippen LogP contribution in [0.4, 0.5) is 5.69 Å². The highest BCUT2D eigenvalue weighted by atomic mass is 16.4. The molecule has 21 heavy (non-hydrogen) atoms. The van der Waals surface area contributed by atoms with E-state index in [1.807, 2.05) is 0 Å². The first-order valence-corrected chi connectivity index (χ1v) is 6.41. The van der Waals surface area contributed by atoms with Crippen molar-refractivity contribution in [3.63, 3.8) is 0 Å². The van der Waals surface area contributed by atoms with Gasteiger partial charge in [0.25, 0.3) is 5.91 Å². The van der Waals surface area contributed by atoms with Gasteiger partial charge in [0, 0.05) is 16.8 Å². The normalized spacial score (nSPS) is 11.2. The Morgan fingerprint density at radius 3 is 2.57 bits per heavy atom. The molecule has 0 saturated carbocycles. The fourth-order valence-corrected chi connectivity index (χ4v) is 1.83. The van der Waals surface area contributed by atoms with E-state index in [0.29, 0.717) is 28.1 Å². The molecule has 0 spiro atoms. The SMILES string of the molecule is C/C(=N\O)c1cccc(NC(=O)c2ccc(C)c(O)c2)c1. The summed E-state index contributed by atoms with van der Waals surface area (Å²) in [5.74, 6) is -0.235. The second-order valence-corrected chi connectivity index (χ2v) is 4.72. The summed E-state index contributed by atoms with van der Waals surface area (Å²) < 4.78 is 0. The van der Waals surface area contributed by atoms with E-state index in [2.05, 4.69) is 10.5 Å². The third-order valence-electron chi connectivity index (χ3n) is 3.16. The lowest BCUT2D eigenvalue weighted by atomic mass is 10.1. The Labute approximate surface area is 122 Å². The van der Waals surface area contributed by atoms with Gasteiger partial charge in [-0.15, -0.1) is 0 Å². The molecular formula is C16H16N2O3. The standard InChI is InChI=1S/C16H16N2O3/c1-10-6-7-13(9-15(10)19)16(20)17-14-5-3-4-12(8-14)11(2)18-21/h3-9,19,21H,1-2H3,(H,17,20)/b18-11+. The second-order valence-electron chi connectivity index (χ2n) is 4.72. The van der Waals surface area contributed by atoms with Crippen LogP contribution in [0, 0.1) is 6.92 Å². The maximum atomic E-state index is 12.1. The summed E-state index contributed by atoms with van der Waals surface area (Å²) in [6.07, 6.45) is 0. The van der Waals surface area contributed by atoms with Gasteiger partial charge in [-0.3, -0.25) is 4.79 Å². The number of phenolic OH excluding ortho intramolecular Hbond substituents is 1. The van der Waals surface area contributed by atoms with Gasteiger partial charge in [0.15, 0.2) is 0 Å². The number of anilines is 1. The lowest BCUT2D eigenvalue weighted by Crippen LogP contribution is -2.12. The third-order valence-corrected chi connectivity index (χ3v) is 3.16. The molecule has 0 radical (unpaired) electrons. The maximum Gasteiger partial charge on any atom is 0.255 e. The van der Waals surface area contributed by atoms with Crippen molar-refractivity contribution in [3.05, 3.63) is 59.2 Å². The Bertz CT molecular complexity index is 708. The summed E-state index contributed by atoms with van der Waals surface area (Å²) in [7, 11) is 0. The second kappa shape index (κ2) is 6.09. The molecule has 0 saturated heterocycles. The van der Waals surface area contributed by atoms with Crippen LogP contribution in [-0.2, 0) is 0 Å². The average Bonchev–Trinajstić information content (AvgIpc) is 2.49. The van der Waals surface area contributed by atoms with Crippen LogP contribution < -0.4 is 5.32 Å². The molecule has 0 atom stereocenters. The van der Waals surface area contributed by atoms with Crippen LogP contribution >= 0.6 is 0 Å². The van der Waals surface area contributed by atoms with Gasteiger partial charge < -0.3 is 15.6 Å². The predicted molar refractivity (Wildman–Crippen MR) is 81.2 cm³/mol. The van der Waals surface area contributed by atoms with Crippen LogP contribution in [0.15, 0.2) is 47.6 Å². The van der Waals surface area contributed by atoms with Crippen molar-refractivity contribution in [2.45, 2.75) is 13.8 Å². The first-order chi connectivity index (χ1) is 10.0. The molecule has 5 nitrogen and oxygen atoms in total. The quantitative estimate of drug-likeness (QED) is 0.460. The van der Waals surface area contributed by atoms with Gasteiger partial charge in [0.1, 0.15) is 5.75 Å². The molecule has 0 aromatic heterocycles. The number of benzene rings is 2. The molecule has 5 heteroatoms. The number of hydrogen-bond acceptors (Lipinski definition) is 4. The molecule has 0 aliphatic heterocycles. The summed E-state index contributed by atoms with van der Waals surface area (Å²) in [6, 6.07) is 11.7. The van der Waals surface area contributed by atoms with E-state index in [4.69, 9.17) is 5.21 Å². The Balaban J connectivity index is 2.21. The molecule has 0 heterocycles. The Kier molecular flexibility index (Phi) is 4.23. The van der Waals surface area contributed by atoms with E-state index < -0.39 is 0 Å². The minimum atomic E-state index is -0.318. The van der Waals surface area contributed by atoms with Gasteiger partial charge in [-0.1, -0.05) is 23.4 Å². The number of carbonyl (C=O) groups excluding carboxylic acids is 1. The molecule has 0 fully saturated rings. The summed E-state index contributed by atoms with van der Waals surface area (Å²) in [6.45, 7) is 3.43. The predicted octanol–water partition coefficient (Wildman–Crippen LogP) is 3.15.